The van der Waals surface area contributed by atoms with Crippen molar-refractivity contribution >= 4 is 33.3 Å². The molecular weight excluding hydrogens is 326 g/mol. The first-order chi connectivity index (χ1) is 10.4. The van der Waals surface area contributed by atoms with Crippen LogP contribution in [0.15, 0.2) is 53.4 Å². The highest BCUT2D eigenvalue weighted by Gasteiger charge is 2.38. The SMILES string of the molecule is O=C1c2ccccc2C(=O)N1CS(=O)(=O)c1ccc(Cl)cc1. The molecule has 0 spiro atoms. The smallest absolute Gasteiger partial charge is 0.262 e. The van der Waals surface area contributed by atoms with Gasteiger partial charge in [0.15, 0.2) is 9.84 Å². The summed E-state index contributed by atoms with van der Waals surface area (Å²) in [5.41, 5.74) is 0.442. The fourth-order valence-corrected chi connectivity index (χ4v) is 3.64. The predicted octanol–water partition coefficient (Wildman–Crippen LogP) is 2.37. The highest BCUT2D eigenvalue weighted by molar-refractivity contribution is 7.91. The number of carbonyl (C=O) groups excluding carboxylic acids is 2. The van der Waals surface area contributed by atoms with Gasteiger partial charge in [0.2, 0.25) is 0 Å². The molecule has 0 saturated heterocycles. The van der Waals surface area contributed by atoms with Gasteiger partial charge in [0.1, 0.15) is 5.88 Å². The minimum atomic E-state index is -3.82. The second-order valence-electron chi connectivity index (χ2n) is 4.78. The maximum Gasteiger partial charge on any atom is 0.262 e. The summed E-state index contributed by atoms with van der Waals surface area (Å²) in [6.45, 7) is 0. The Labute approximate surface area is 132 Å². The average molecular weight is 336 g/mol. The summed E-state index contributed by atoms with van der Waals surface area (Å²) in [6.07, 6.45) is 0. The Morgan fingerprint density at radius 3 is 1.86 bits per heavy atom. The number of hydrogen-bond acceptors (Lipinski definition) is 4. The highest BCUT2D eigenvalue weighted by Crippen LogP contribution is 2.25. The second-order valence-corrected chi connectivity index (χ2v) is 7.18. The van der Waals surface area contributed by atoms with Gasteiger partial charge in [-0.25, -0.2) is 8.42 Å². The molecule has 0 aliphatic carbocycles. The van der Waals surface area contributed by atoms with Gasteiger partial charge in [0.25, 0.3) is 11.8 Å². The lowest BCUT2D eigenvalue weighted by atomic mass is 10.1. The van der Waals surface area contributed by atoms with Gasteiger partial charge in [-0.15, -0.1) is 0 Å². The quantitative estimate of drug-likeness (QED) is 0.807. The van der Waals surface area contributed by atoms with Crippen LogP contribution in [0, 0.1) is 0 Å². The largest absolute Gasteiger partial charge is 0.269 e. The van der Waals surface area contributed by atoms with Crippen LogP contribution in [0.2, 0.25) is 5.02 Å². The zero-order valence-electron chi connectivity index (χ0n) is 11.2. The van der Waals surface area contributed by atoms with Crippen molar-refractivity contribution in [2.45, 2.75) is 4.90 Å². The van der Waals surface area contributed by atoms with Crippen LogP contribution in [0.5, 0.6) is 0 Å². The molecule has 0 bridgehead atoms. The first-order valence-electron chi connectivity index (χ1n) is 6.34. The number of halogens is 1. The number of rotatable bonds is 3. The number of fused-ring (bicyclic) bond motifs is 1. The zero-order valence-corrected chi connectivity index (χ0v) is 12.8. The Kier molecular flexibility index (Phi) is 3.50. The number of sulfone groups is 1. The van der Waals surface area contributed by atoms with Crippen molar-refractivity contribution < 1.29 is 18.0 Å². The molecule has 0 N–H and O–H groups in total. The Morgan fingerprint density at radius 2 is 1.36 bits per heavy atom. The van der Waals surface area contributed by atoms with E-state index in [1.54, 1.807) is 12.1 Å². The van der Waals surface area contributed by atoms with Crippen molar-refractivity contribution in [3.63, 3.8) is 0 Å². The van der Waals surface area contributed by atoms with Crippen LogP contribution in [0.1, 0.15) is 20.7 Å². The highest BCUT2D eigenvalue weighted by atomic mass is 35.5. The molecule has 0 unspecified atom stereocenters. The molecule has 2 amide bonds. The van der Waals surface area contributed by atoms with Gasteiger partial charge in [-0.05, 0) is 36.4 Å². The number of amides is 2. The van der Waals surface area contributed by atoms with E-state index in [0.717, 1.165) is 4.90 Å². The van der Waals surface area contributed by atoms with Crippen molar-refractivity contribution in [3.05, 3.63) is 64.7 Å². The van der Waals surface area contributed by atoms with Crippen molar-refractivity contribution in [2.24, 2.45) is 0 Å². The molecule has 0 fully saturated rings. The van der Waals surface area contributed by atoms with E-state index >= 15 is 0 Å². The molecule has 1 heterocycles. The topological polar surface area (TPSA) is 71.5 Å². The molecule has 5 nitrogen and oxygen atoms in total. The lowest BCUT2D eigenvalue weighted by molar-refractivity contribution is 0.0680. The number of hydrogen-bond donors (Lipinski definition) is 0. The summed E-state index contributed by atoms with van der Waals surface area (Å²) in [6, 6.07) is 11.8. The zero-order chi connectivity index (χ0) is 15.9. The summed E-state index contributed by atoms with van der Waals surface area (Å²) < 4.78 is 24.7. The Bertz CT molecular complexity index is 840. The lowest BCUT2D eigenvalue weighted by Crippen LogP contribution is -2.34. The van der Waals surface area contributed by atoms with Crippen LogP contribution in [-0.4, -0.2) is 31.0 Å². The van der Waals surface area contributed by atoms with Gasteiger partial charge < -0.3 is 0 Å². The van der Waals surface area contributed by atoms with Crippen LogP contribution < -0.4 is 0 Å². The first-order valence-corrected chi connectivity index (χ1v) is 8.37. The van der Waals surface area contributed by atoms with Crippen molar-refractivity contribution in [2.75, 3.05) is 5.88 Å². The van der Waals surface area contributed by atoms with E-state index in [1.165, 1.54) is 36.4 Å². The van der Waals surface area contributed by atoms with Gasteiger partial charge in [-0.1, -0.05) is 23.7 Å². The Hall–Kier alpha value is -2.18. The molecular formula is C15H10ClNO4S. The molecule has 2 aromatic rings. The lowest BCUT2D eigenvalue weighted by Gasteiger charge is -2.14. The second kappa shape index (κ2) is 5.23. The fourth-order valence-electron chi connectivity index (χ4n) is 2.24. The summed E-state index contributed by atoms with van der Waals surface area (Å²) in [4.78, 5) is 25.1. The Morgan fingerprint density at radius 1 is 0.864 bits per heavy atom. The van der Waals surface area contributed by atoms with Crippen LogP contribution >= 0.6 is 11.6 Å². The number of nitrogens with zero attached hydrogens (tertiary/aromatic N) is 1. The maximum absolute atomic E-state index is 12.4. The van der Waals surface area contributed by atoms with Crippen LogP contribution in [-0.2, 0) is 9.84 Å². The van der Waals surface area contributed by atoms with Gasteiger partial charge in [-0.2, -0.15) is 0 Å². The van der Waals surface area contributed by atoms with Crippen molar-refractivity contribution in [1.29, 1.82) is 0 Å². The average Bonchev–Trinajstić information content (AvgIpc) is 2.73. The molecule has 0 atom stereocenters. The van der Waals surface area contributed by atoms with Gasteiger partial charge >= 0.3 is 0 Å². The minimum absolute atomic E-state index is 0.00783. The number of benzene rings is 2. The third-order valence-corrected chi connectivity index (χ3v) is 5.19. The molecule has 3 rings (SSSR count). The first kappa shape index (κ1) is 14.7. The molecule has 1 aliphatic rings. The van der Waals surface area contributed by atoms with E-state index in [4.69, 9.17) is 11.6 Å². The van der Waals surface area contributed by atoms with Crippen LogP contribution in [0.25, 0.3) is 0 Å². The van der Waals surface area contributed by atoms with E-state index in [1.807, 2.05) is 0 Å². The number of imide groups is 1. The third-order valence-electron chi connectivity index (χ3n) is 3.35. The molecule has 7 heteroatoms. The van der Waals surface area contributed by atoms with E-state index in [9.17, 15) is 18.0 Å². The molecule has 2 aromatic carbocycles. The van der Waals surface area contributed by atoms with Crippen LogP contribution in [0.4, 0.5) is 0 Å². The maximum atomic E-state index is 12.4. The van der Waals surface area contributed by atoms with Crippen molar-refractivity contribution in [3.8, 4) is 0 Å². The van der Waals surface area contributed by atoms with Crippen molar-refractivity contribution in [1.82, 2.24) is 4.90 Å². The van der Waals surface area contributed by atoms with Gasteiger partial charge in [0.05, 0.1) is 16.0 Å². The monoisotopic (exact) mass is 335 g/mol. The van der Waals surface area contributed by atoms with Crippen LogP contribution in [0.3, 0.4) is 0 Å². The minimum Gasteiger partial charge on any atom is -0.269 e. The summed E-state index contributed by atoms with van der Waals surface area (Å²) in [5.74, 6) is -1.89. The fraction of sp³-hybridized carbons (Fsp3) is 0.0667. The molecule has 0 radical (unpaired) electrons. The molecule has 22 heavy (non-hydrogen) atoms. The number of carbonyl (C=O) groups is 2. The Balaban J connectivity index is 1.93. The molecule has 0 aromatic heterocycles. The molecule has 112 valence electrons. The molecule has 1 aliphatic heterocycles. The van der Waals surface area contributed by atoms with E-state index < -0.39 is 27.5 Å². The third kappa shape index (κ3) is 2.40. The predicted molar refractivity (Wildman–Crippen MR) is 80.4 cm³/mol. The van der Waals surface area contributed by atoms with E-state index in [2.05, 4.69) is 0 Å². The normalized spacial score (nSPS) is 14.3. The summed E-state index contributed by atoms with van der Waals surface area (Å²) in [5, 5.41) is 0.402. The van der Waals surface area contributed by atoms with E-state index in [0.29, 0.717) is 5.02 Å². The van der Waals surface area contributed by atoms with Gasteiger partial charge in [-0.3, -0.25) is 14.5 Å². The standard InChI is InChI=1S/C15H10ClNO4S/c16-10-5-7-11(8-6-10)22(20,21)9-17-14(18)12-3-1-2-4-13(12)15(17)19/h1-8H,9H2. The van der Waals surface area contributed by atoms with E-state index in [-0.39, 0.29) is 16.0 Å². The molecule has 0 saturated carbocycles. The van der Waals surface area contributed by atoms with Gasteiger partial charge in [0, 0.05) is 5.02 Å². The summed E-state index contributed by atoms with van der Waals surface area (Å²) in [7, 11) is -3.82. The summed E-state index contributed by atoms with van der Waals surface area (Å²) >= 11 is 5.73.